The lowest BCUT2D eigenvalue weighted by molar-refractivity contribution is -0.384. The van der Waals surface area contributed by atoms with Crippen LogP contribution >= 0.6 is 0 Å². The van der Waals surface area contributed by atoms with Crippen molar-refractivity contribution < 1.29 is 37.1 Å². The highest BCUT2D eigenvalue weighted by atomic mass is 32.2. The summed E-state index contributed by atoms with van der Waals surface area (Å²) >= 11 is 0. The molecule has 0 bridgehead atoms. The summed E-state index contributed by atoms with van der Waals surface area (Å²) in [4.78, 5) is 22.3. The number of nitro groups is 1. The van der Waals surface area contributed by atoms with E-state index >= 15 is 0 Å². The monoisotopic (exact) mass is 522 g/mol. The van der Waals surface area contributed by atoms with Crippen LogP contribution in [0.2, 0.25) is 0 Å². The minimum absolute atomic E-state index is 0.00158. The fourth-order valence-corrected chi connectivity index (χ4v) is 5.38. The molecule has 1 heterocycles. The minimum Gasteiger partial charge on any atom is -0.454 e. The number of non-ortho nitro benzene ring substituents is 1. The number of hydrogen-bond donors (Lipinski definition) is 0. The molecule has 0 spiro atoms. The molecule has 12 heteroatoms. The number of rotatable bonds is 11. The van der Waals surface area contributed by atoms with Gasteiger partial charge in [-0.1, -0.05) is 27.7 Å². The van der Waals surface area contributed by atoms with Crippen LogP contribution in [-0.4, -0.2) is 50.3 Å². The van der Waals surface area contributed by atoms with Crippen LogP contribution in [0, 0.1) is 21.4 Å². The third-order valence-corrected chi connectivity index (χ3v) is 7.21. The number of nitrogens with zero attached hydrogens (tertiary/aromatic N) is 2. The van der Waals surface area contributed by atoms with Crippen molar-refractivity contribution in [2.24, 2.45) is 11.3 Å². The number of benzene rings is 2. The molecule has 0 saturated carbocycles. The fourth-order valence-electron chi connectivity index (χ4n) is 3.57. The molecule has 0 saturated heterocycles. The zero-order valence-corrected chi connectivity index (χ0v) is 21.4. The van der Waals surface area contributed by atoms with Gasteiger partial charge < -0.3 is 18.9 Å². The van der Waals surface area contributed by atoms with Gasteiger partial charge in [0.05, 0.1) is 16.4 Å². The molecule has 0 atom stereocenters. The number of hydrogen-bond acceptors (Lipinski definition) is 9. The van der Waals surface area contributed by atoms with Crippen molar-refractivity contribution in [3.8, 4) is 17.2 Å². The van der Waals surface area contributed by atoms with Crippen molar-refractivity contribution in [1.29, 1.82) is 0 Å². The average Bonchev–Trinajstić information content (AvgIpc) is 3.26. The van der Waals surface area contributed by atoms with E-state index in [9.17, 15) is 23.3 Å². The number of nitro benzene ring substituents is 1. The van der Waals surface area contributed by atoms with Gasteiger partial charge in [0.15, 0.2) is 11.5 Å². The number of carbonyl (C=O) groups is 1. The maximum atomic E-state index is 13.5. The summed E-state index contributed by atoms with van der Waals surface area (Å²) in [6, 6.07) is 9.58. The van der Waals surface area contributed by atoms with E-state index < -0.39 is 26.5 Å². The first-order valence-electron chi connectivity index (χ1n) is 11.4. The fraction of sp³-hybridized carbons (Fsp3) is 0.458. The number of ether oxygens (including phenoxy) is 4. The summed E-state index contributed by atoms with van der Waals surface area (Å²) in [5, 5.41) is 10.7. The summed E-state index contributed by atoms with van der Waals surface area (Å²) < 4.78 is 49.2. The van der Waals surface area contributed by atoms with Crippen molar-refractivity contribution in [2.75, 3.05) is 26.5 Å². The van der Waals surface area contributed by atoms with Gasteiger partial charge >= 0.3 is 6.16 Å². The van der Waals surface area contributed by atoms with E-state index in [2.05, 4.69) is 0 Å². The molecule has 3 rings (SSSR count). The molecule has 0 unspecified atom stereocenters. The first-order valence-corrected chi connectivity index (χ1v) is 12.8. The number of carbonyl (C=O) groups excluding carboxylic acids is 1. The van der Waals surface area contributed by atoms with Gasteiger partial charge in [-0.2, -0.15) is 4.31 Å². The molecule has 2 aromatic carbocycles. The van der Waals surface area contributed by atoms with E-state index in [-0.39, 0.29) is 42.2 Å². The molecule has 0 aliphatic carbocycles. The van der Waals surface area contributed by atoms with Crippen LogP contribution in [0.3, 0.4) is 0 Å². The number of sulfonamides is 1. The van der Waals surface area contributed by atoms with Gasteiger partial charge in [-0.15, -0.1) is 0 Å². The lowest BCUT2D eigenvalue weighted by atomic mass is 9.89. The maximum absolute atomic E-state index is 13.5. The molecule has 11 nitrogen and oxygen atoms in total. The third-order valence-electron chi connectivity index (χ3n) is 5.40. The molecule has 2 aromatic rings. The molecule has 1 aliphatic rings. The smallest absolute Gasteiger partial charge is 0.454 e. The Kier molecular flexibility index (Phi) is 8.41. The zero-order valence-electron chi connectivity index (χ0n) is 20.6. The normalized spacial score (nSPS) is 13.2. The molecular weight excluding hydrogens is 492 g/mol. The molecule has 0 N–H and O–H groups in total. The van der Waals surface area contributed by atoms with Crippen LogP contribution in [-0.2, 0) is 14.8 Å². The van der Waals surface area contributed by atoms with E-state index in [1.165, 1.54) is 40.7 Å². The topological polar surface area (TPSA) is 135 Å². The molecule has 0 amide bonds. The Labute approximate surface area is 210 Å². The highest BCUT2D eigenvalue weighted by Crippen LogP contribution is 2.35. The molecule has 196 valence electrons. The Balaban J connectivity index is 1.60. The average molecular weight is 523 g/mol. The van der Waals surface area contributed by atoms with Crippen molar-refractivity contribution in [2.45, 2.75) is 39.0 Å². The summed E-state index contributed by atoms with van der Waals surface area (Å²) in [5.41, 5.74) is -0.662. The summed E-state index contributed by atoms with van der Waals surface area (Å²) in [7, 11) is -3.83. The first-order chi connectivity index (χ1) is 16.9. The second kappa shape index (κ2) is 11.1. The van der Waals surface area contributed by atoms with Crippen LogP contribution in [0.25, 0.3) is 0 Å². The summed E-state index contributed by atoms with van der Waals surface area (Å²) in [5.74, 6) is 1.09. The molecule has 0 radical (unpaired) electrons. The van der Waals surface area contributed by atoms with E-state index in [4.69, 9.17) is 18.9 Å². The van der Waals surface area contributed by atoms with Crippen molar-refractivity contribution in [3.63, 3.8) is 0 Å². The highest BCUT2D eigenvalue weighted by Gasteiger charge is 2.32. The Morgan fingerprint density at radius 1 is 1.14 bits per heavy atom. The predicted octanol–water partition coefficient (Wildman–Crippen LogP) is 4.60. The molecule has 36 heavy (non-hydrogen) atoms. The van der Waals surface area contributed by atoms with E-state index in [0.29, 0.717) is 24.5 Å². The Morgan fingerprint density at radius 2 is 1.81 bits per heavy atom. The van der Waals surface area contributed by atoms with Gasteiger partial charge in [-0.3, -0.25) is 10.1 Å². The molecule has 0 aromatic heterocycles. The Hall–Kier alpha value is -3.38. The molecule has 1 aliphatic heterocycles. The van der Waals surface area contributed by atoms with Gasteiger partial charge in [0.2, 0.25) is 16.8 Å². The van der Waals surface area contributed by atoms with Gasteiger partial charge in [0, 0.05) is 31.3 Å². The van der Waals surface area contributed by atoms with Crippen molar-refractivity contribution in [1.82, 2.24) is 4.31 Å². The van der Waals surface area contributed by atoms with Gasteiger partial charge in [0.25, 0.3) is 5.69 Å². The number of fused-ring (bicyclic) bond motifs is 1. The quantitative estimate of drug-likeness (QED) is 0.179. The van der Waals surface area contributed by atoms with E-state index in [0.717, 1.165) is 0 Å². The van der Waals surface area contributed by atoms with Crippen LogP contribution in [0.5, 0.6) is 17.2 Å². The van der Waals surface area contributed by atoms with Gasteiger partial charge in [-0.25, -0.2) is 13.2 Å². The second-order valence-electron chi connectivity index (χ2n) is 9.57. The lowest BCUT2D eigenvalue weighted by Crippen LogP contribution is -2.41. The summed E-state index contributed by atoms with van der Waals surface area (Å²) in [6.07, 6.45) is -0.583. The van der Waals surface area contributed by atoms with Crippen LogP contribution in [0.4, 0.5) is 10.5 Å². The predicted molar refractivity (Wildman–Crippen MR) is 130 cm³/mol. The largest absolute Gasteiger partial charge is 0.513 e. The molecule has 0 fully saturated rings. The third kappa shape index (κ3) is 7.08. The van der Waals surface area contributed by atoms with E-state index in [1.54, 1.807) is 6.07 Å². The summed E-state index contributed by atoms with van der Waals surface area (Å²) in [6.45, 7) is 8.21. The van der Waals surface area contributed by atoms with Crippen LogP contribution in [0.15, 0.2) is 47.4 Å². The van der Waals surface area contributed by atoms with Crippen molar-refractivity contribution in [3.05, 3.63) is 52.6 Å². The molecular formula is C24H30N2O9S. The SMILES string of the molecule is CC(C)CN(CC(C)(C)CCOC(=O)Oc1ccc([N+](=O)[O-])cc1)S(=O)(=O)c1ccc2c(c1)OCO2. The second-order valence-corrected chi connectivity index (χ2v) is 11.5. The van der Waals surface area contributed by atoms with Crippen LogP contribution < -0.4 is 14.2 Å². The van der Waals surface area contributed by atoms with Gasteiger partial charge in [0.1, 0.15) is 5.75 Å². The maximum Gasteiger partial charge on any atom is 0.513 e. The Morgan fingerprint density at radius 3 is 2.44 bits per heavy atom. The first kappa shape index (κ1) is 27.2. The van der Waals surface area contributed by atoms with Crippen LogP contribution in [0.1, 0.15) is 34.1 Å². The lowest BCUT2D eigenvalue weighted by Gasteiger charge is -2.33. The van der Waals surface area contributed by atoms with Crippen molar-refractivity contribution >= 4 is 21.9 Å². The zero-order chi connectivity index (χ0) is 26.5. The minimum atomic E-state index is -3.83. The van der Waals surface area contributed by atoms with Gasteiger partial charge in [-0.05, 0) is 42.0 Å². The van der Waals surface area contributed by atoms with E-state index in [1.807, 2.05) is 27.7 Å². The highest BCUT2D eigenvalue weighted by molar-refractivity contribution is 7.89. The Bertz CT molecular complexity index is 1190. The standard InChI is InChI=1S/C24H30N2O9S/c1-17(2)14-25(36(30,31)20-9-10-21-22(13-20)34-16-33-21)15-24(3,4)11-12-32-23(27)35-19-7-5-18(6-8-19)26(28)29/h5-10,13,17H,11-12,14-16H2,1-4H3.